The summed E-state index contributed by atoms with van der Waals surface area (Å²) in [6.45, 7) is 4.62. The Hall–Kier alpha value is -2.81. The van der Waals surface area contributed by atoms with Gasteiger partial charge in [0.1, 0.15) is 12.4 Å². The average Bonchev–Trinajstić information content (AvgIpc) is 3.40. The van der Waals surface area contributed by atoms with Crippen LogP contribution in [0.15, 0.2) is 70.8 Å². The predicted octanol–water partition coefficient (Wildman–Crippen LogP) is 5.69. The van der Waals surface area contributed by atoms with Crippen LogP contribution in [0.3, 0.4) is 0 Å². The van der Waals surface area contributed by atoms with Crippen molar-refractivity contribution in [2.75, 3.05) is 0 Å². The van der Waals surface area contributed by atoms with Gasteiger partial charge in [0.2, 0.25) is 11.8 Å². The van der Waals surface area contributed by atoms with E-state index in [1.54, 1.807) is 36.4 Å². The number of rotatable bonds is 9. The molecule has 0 radical (unpaired) electrons. The minimum Gasteiger partial charge on any atom is -0.486 e. The quantitative estimate of drug-likeness (QED) is 0.228. The molecule has 0 spiro atoms. The van der Waals surface area contributed by atoms with Gasteiger partial charge in [-0.25, -0.2) is 0 Å². The van der Waals surface area contributed by atoms with Crippen molar-refractivity contribution >= 4 is 35.0 Å². The topological polar surface area (TPSA) is 78.9 Å². The highest BCUT2D eigenvalue weighted by Crippen LogP contribution is 2.28. The second kappa shape index (κ2) is 10.00. The van der Waals surface area contributed by atoms with Crippen LogP contribution in [0.4, 0.5) is 0 Å². The zero-order chi connectivity index (χ0) is 21.6. The van der Waals surface area contributed by atoms with Crippen LogP contribution in [0.1, 0.15) is 11.7 Å². The zero-order valence-electron chi connectivity index (χ0n) is 16.2. The SMILES string of the molecule is C=CCn1c(COc2ccc(Cl)cc2)nnc1SCc1nnc(-c2ccccc2Cl)o1. The second-order valence-corrected chi connectivity index (χ2v) is 8.10. The molecule has 0 fully saturated rings. The van der Waals surface area contributed by atoms with Gasteiger partial charge in [0, 0.05) is 11.6 Å². The van der Waals surface area contributed by atoms with Gasteiger partial charge in [-0.3, -0.25) is 4.57 Å². The van der Waals surface area contributed by atoms with Crippen molar-refractivity contribution in [2.24, 2.45) is 0 Å². The summed E-state index contributed by atoms with van der Waals surface area (Å²) in [4.78, 5) is 0. The first kappa shape index (κ1) is 21.4. The fourth-order valence-electron chi connectivity index (χ4n) is 2.71. The van der Waals surface area contributed by atoms with Gasteiger partial charge in [0.15, 0.2) is 11.0 Å². The van der Waals surface area contributed by atoms with E-state index in [1.807, 2.05) is 22.8 Å². The number of hydrogen-bond donors (Lipinski definition) is 0. The fourth-order valence-corrected chi connectivity index (χ4v) is 3.85. The number of benzene rings is 2. The molecule has 7 nitrogen and oxygen atoms in total. The van der Waals surface area contributed by atoms with Crippen molar-refractivity contribution in [2.45, 2.75) is 24.1 Å². The van der Waals surface area contributed by atoms with Gasteiger partial charge in [-0.1, -0.05) is 53.2 Å². The minimum absolute atomic E-state index is 0.264. The summed E-state index contributed by atoms with van der Waals surface area (Å²) in [5.74, 6) is 2.66. The molecule has 31 heavy (non-hydrogen) atoms. The van der Waals surface area contributed by atoms with E-state index in [2.05, 4.69) is 27.0 Å². The van der Waals surface area contributed by atoms with Crippen molar-refractivity contribution in [1.82, 2.24) is 25.0 Å². The smallest absolute Gasteiger partial charge is 0.249 e. The molecule has 0 unspecified atom stereocenters. The molecule has 0 aliphatic heterocycles. The van der Waals surface area contributed by atoms with Crippen LogP contribution in [0.5, 0.6) is 5.75 Å². The first-order valence-electron chi connectivity index (χ1n) is 9.25. The Balaban J connectivity index is 1.43. The van der Waals surface area contributed by atoms with Crippen LogP contribution in [-0.2, 0) is 18.9 Å². The van der Waals surface area contributed by atoms with E-state index in [0.717, 1.165) is 0 Å². The maximum atomic E-state index is 6.20. The Morgan fingerprint density at radius 3 is 2.61 bits per heavy atom. The van der Waals surface area contributed by atoms with Crippen LogP contribution in [-0.4, -0.2) is 25.0 Å². The van der Waals surface area contributed by atoms with Crippen LogP contribution < -0.4 is 4.74 Å². The van der Waals surface area contributed by atoms with Gasteiger partial charge in [-0.05, 0) is 36.4 Å². The Bertz CT molecular complexity index is 1180. The van der Waals surface area contributed by atoms with Crippen LogP contribution in [0.25, 0.3) is 11.5 Å². The third-order valence-electron chi connectivity index (χ3n) is 4.18. The van der Waals surface area contributed by atoms with Crippen LogP contribution in [0, 0.1) is 0 Å². The number of ether oxygens (including phenoxy) is 1. The third kappa shape index (κ3) is 5.28. The molecule has 158 valence electrons. The number of nitrogens with zero attached hydrogens (tertiary/aromatic N) is 5. The summed E-state index contributed by atoms with van der Waals surface area (Å²) in [6.07, 6.45) is 1.78. The molecule has 4 rings (SSSR count). The molecule has 4 aromatic rings. The number of aromatic nitrogens is 5. The number of thioether (sulfide) groups is 1. The molecule has 0 atom stereocenters. The summed E-state index contributed by atoms with van der Waals surface area (Å²) in [5, 5.41) is 18.6. The molecule has 0 aliphatic carbocycles. The van der Waals surface area contributed by atoms with Crippen LogP contribution in [0.2, 0.25) is 10.0 Å². The molecule has 0 bridgehead atoms. The molecule has 0 aliphatic rings. The molecule has 0 amide bonds. The molecule has 0 saturated carbocycles. The monoisotopic (exact) mass is 473 g/mol. The molecule has 0 N–H and O–H groups in total. The minimum atomic E-state index is 0.264. The van der Waals surface area contributed by atoms with Gasteiger partial charge < -0.3 is 9.15 Å². The number of allylic oxidation sites excluding steroid dienone is 1. The summed E-state index contributed by atoms with van der Waals surface area (Å²) < 4.78 is 13.5. The summed E-state index contributed by atoms with van der Waals surface area (Å²) >= 11 is 13.5. The number of hydrogen-bond acceptors (Lipinski definition) is 7. The van der Waals surface area contributed by atoms with E-state index in [9.17, 15) is 0 Å². The van der Waals surface area contributed by atoms with Crippen molar-refractivity contribution in [3.05, 3.63) is 82.9 Å². The van der Waals surface area contributed by atoms with Gasteiger partial charge >= 0.3 is 0 Å². The van der Waals surface area contributed by atoms with E-state index in [1.165, 1.54) is 11.8 Å². The van der Waals surface area contributed by atoms with E-state index in [0.29, 0.717) is 56.4 Å². The van der Waals surface area contributed by atoms with Gasteiger partial charge in [-0.15, -0.1) is 27.0 Å². The highest BCUT2D eigenvalue weighted by Gasteiger charge is 2.16. The van der Waals surface area contributed by atoms with Crippen molar-refractivity contribution in [1.29, 1.82) is 0 Å². The lowest BCUT2D eigenvalue weighted by atomic mass is 10.2. The second-order valence-electron chi connectivity index (χ2n) is 6.31. The summed E-state index contributed by atoms with van der Waals surface area (Å²) in [5.41, 5.74) is 0.698. The van der Waals surface area contributed by atoms with Crippen LogP contribution >= 0.6 is 35.0 Å². The van der Waals surface area contributed by atoms with Gasteiger partial charge in [0.25, 0.3) is 0 Å². The summed E-state index contributed by atoms with van der Waals surface area (Å²) in [7, 11) is 0. The molecule has 2 heterocycles. The maximum absolute atomic E-state index is 6.20. The molecule has 10 heteroatoms. The Morgan fingerprint density at radius 1 is 1.03 bits per heavy atom. The Kier molecular flexibility index (Phi) is 6.91. The molecule has 2 aromatic heterocycles. The number of halogens is 2. The lowest BCUT2D eigenvalue weighted by Gasteiger charge is -2.08. The summed E-state index contributed by atoms with van der Waals surface area (Å²) in [6, 6.07) is 14.5. The van der Waals surface area contributed by atoms with E-state index in [-0.39, 0.29) is 6.61 Å². The average molecular weight is 474 g/mol. The fraction of sp³-hybridized carbons (Fsp3) is 0.143. The normalized spacial score (nSPS) is 10.9. The highest BCUT2D eigenvalue weighted by atomic mass is 35.5. The lowest BCUT2D eigenvalue weighted by molar-refractivity contribution is 0.289. The predicted molar refractivity (Wildman–Crippen MR) is 120 cm³/mol. The molecule has 0 saturated heterocycles. The van der Waals surface area contributed by atoms with Crippen molar-refractivity contribution in [3.8, 4) is 17.2 Å². The molecule has 2 aromatic carbocycles. The first-order valence-corrected chi connectivity index (χ1v) is 11.0. The first-order chi connectivity index (χ1) is 15.1. The van der Waals surface area contributed by atoms with E-state index < -0.39 is 0 Å². The molecular formula is C21H17Cl2N5O2S. The standard InChI is InChI=1S/C21H17Cl2N5O2S/c1-2-11-28-18(12-29-15-9-7-14(22)8-10-15)24-27-21(28)31-13-19-25-26-20(30-19)16-5-3-4-6-17(16)23/h2-10H,1,11-13H2. The van der Waals surface area contributed by atoms with E-state index in [4.69, 9.17) is 32.4 Å². The third-order valence-corrected chi connectivity index (χ3v) is 5.72. The lowest BCUT2D eigenvalue weighted by Crippen LogP contribution is -2.07. The van der Waals surface area contributed by atoms with E-state index >= 15 is 0 Å². The largest absolute Gasteiger partial charge is 0.486 e. The van der Waals surface area contributed by atoms with Gasteiger partial charge in [-0.2, -0.15) is 0 Å². The van der Waals surface area contributed by atoms with Crippen molar-refractivity contribution < 1.29 is 9.15 Å². The highest BCUT2D eigenvalue weighted by molar-refractivity contribution is 7.98. The zero-order valence-corrected chi connectivity index (χ0v) is 18.6. The molecular weight excluding hydrogens is 457 g/mol. The Labute approximate surface area is 193 Å². The van der Waals surface area contributed by atoms with Gasteiger partial charge in [0.05, 0.1) is 16.3 Å². The van der Waals surface area contributed by atoms with Crippen molar-refractivity contribution in [3.63, 3.8) is 0 Å². The Morgan fingerprint density at radius 2 is 1.84 bits per heavy atom. The maximum Gasteiger partial charge on any atom is 0.249 e.